The predicted molar refractivity (Wildman–Crippen MR) is 111 cm³/mol. The maximum absolute atomic E-state index is 12.9. The number of nitrogens with zero attached hydrogens (tertiary/aromatic N) is 2. The van der Waals surface area contributed by atoms with Crippen molar-refractivity contribution in [3.63, 3.8) is 0 Å². The molecule has 2 aliphatic rings. The van der Waals surface area contributed by atoms with Gasteiger partial charge < -0.3 is 19.7 Å². The Hall–Kier alpha value is -2.26. The molecule has 2 amide bonds. The monoisotopic (exact) mass is 439 g/mol. The lowest BCUT2D eigenvalue weighted by molar-refractivity contribution is -0.127. The Bertz CT molecular complexity index is 769. The van der Waals surface area contributed by atoms with Crippen LogP contribution in [0.2, 0.25) is 0 Å². The summed E-state index contributed by atoms with van der Waals surface area (Å²) in [5.74, 6) is -0.971. The number of halogens is 2. The molecule has 1 unspecified atom stereocenters. The number of hydrogen-bond donors (Lipinski definition) is 1. The fourth-order valence-corrected chi connectivity index (χ4v) is 4.12. The van der Waals surface area contributed by atoms with Crippen molar-refractivity contribution in [1.82, 2.24) is 15.1 Å². The number of likely N-dealkylation sites (tertiary alicyclic amines) is 1. The Morgan fingerprint density at radius 1 is 1.23 bits per heavy atom. The van der Waals surface area contributed by atoms with Gasteiger partial charge in [-0.1, -0.05) is 12.1 Å². The van der Waals surface area contributed by atoms with Crippen LogP contribution < -0.4 is 10.1 Å². The maximum Gasteiger partial charge on any atom is 0.387 e. The molecule has 0 aliphatic carbocycles. The molecule has 0 spiro atoms. The number of alkyl halides is 2. The molecule has 31 heavy (non-hydrogen) atoms. The highest BCUT2D eigenvalue weighted by Gasteiger charge is 2.33. The van der Waals surface area contributed by atoms with Crippen molar-refractivity contribution in [3.05, 3.63) is 29.8 Å². The lowest BCUT2D eigenvalue weighted by atomic mass is 9.95. The van der Waals surface area contributed by atoms with E-state index in [1.807, 2.05) is 0 Å². The molecule has 1 atom stereocenters. The zero-order valence-corrected chi connectivity index (χ0v) is 18.1. The minimum Gasteiger partial charge on any atom is -0.434 e. The van der Waals surface area contributed by atoms with Crippen molar-refractivity contribution in [1.29, 1.82) is 0 Å². The highest BCUT2D eigenvalue weighted by atomic mass is 19.3. The fraction of sp³-hybridized carbons (Fsp3) is 0.636. The van der Waals surface area contributed by atoms with Crippen LogP contribution in [0.15, 0.2) is 24.3 Å². The Labute approximate surface area is 181 Å². The molecule has 0 bridgehead atoms. The minimum absolute atomic E-state index is 0.0808. The van der Waals surface area contributed by atoms with E-state index >= 15 is 0 Å². The van der Waals surface area contributed by atoms with E-state index in [0.717, 1.165) is 13.1 Å². The van der Waals surface area contributed by atoms with Gasteiger partial charge in [0, 0.05) is 38.3 Å². The lowest BCUT2D eigenvalue weighted by Gasteiger charge is -2.41. The van der Waals surface area contributed by atoms with Gasteiger partial charge in [-0.15, -0.1) is 0 Å². The number of rotatable bonds is 7. The molecule has 0 radical (unpaired) electrons. The first kappa shape index (κ1) is 23.4. The highest BCUT2D eigenvalue weighted by Crippen LogP contribution is 2.25. The van der Waals surface area contributed by atoms with Crippen molar-refractivity contribution < 1.29 is 27.8 Å². The van der Waals surface area contributed by atoms with Gasteiger partial charge in [0.05, 0.1) is 24.7 Å². The van der Waals surface area contributed by atoms with Crippen molar-refractivity contribution in [3.8, 4) is 5.75 Å². The highest BCUT2D eigenvalue weighted by molar-refractivity contribution is 5.97. The van der Waals surface area contributed by atoms with E-state index in [4.69, 9.17) is 4.74 Å². The Balaban J connectivity index is 1.58. The third-order valence-electron chi connectivity index (χ3n) is 5.98. The summed E-state index contributed by atoms with van der Waals surface area (Å²) >= 11 is 0. The first-order valence-corrected chi connectivity index (χ1v) is 10.7. The Kier molecular flexibility index (Phi) is 7.83. The second-order valence-electron chi connectivity index (χ2n) is 8.59. The number of piperidine rings is 1. The van der Waals surface area contributed by atoms with Crippen LogP contribution in [0.4, 0.5) is 8.78 Å². The quantitative estimate of drug-likeness (QED) is 0.706. The van der Waals surface area contributed by atoms with Crippen molar-refractivity contribution >= 4 is 11.8 Å². The third kappa shape index (κ3) is 6.13. The number of amides is 2. The van der Waals surface area contributed by atoms with E-state index in [0.29, 0.717) is 39.1 Å². The summed E-state index contributed by atoms with van der Waals surface area (Å²) in [7, 11) is 0. The minimum atomic E-state index is -3.01. The second kappa shape index (κ2) is 10.4. The molecule has 172 valence electrons. The predicted octanol–water partition coefficient (Wildman–Crippen LogP) is 2.37. The molecule has 0 saturated carbocycles. The van der Waals surface area contributed by atoms with Crippen molar-refractivity contribution in [2.45, 2.75) is 38.8 Å². The van der Waals surface area contributed by atoms with Crippen molar-refractivity contribution in [2.24, 2.45) is 5.92 Å². The molecular formula is C22H31F2N3O4. The van der Waals surface area contributed by atoms with E-state index in [-0.39, 0.29) is 35.2 Å². The number of nitrogens with one attached hydrogen (secondary N) is 1. The second-order valence-corrected chi connectivity index (χ2v) is 8.59. The lowest BCUT2D eigenvalue weighted by Crippen LogP contribution is -2.56. The van der Waals surface area contributed by atoms with E-state index in [2.05, 4.69) is 28.8 Å². The number of ether oxygens (including phenoxy) is 2. The zero-order valence-electron chi connectivity index (χ0n) is 18.1. The van der Waals surface area contributed by atoms with Gasteiger partial charge in [0.2, 0.25) is 5.91 Å². The summed E-state index contributed by atoms with van der Waals surface area (Å²) in [5, 5.41) is 3.04. The summed E-state index contributed by atoms with van der Waals surface area (Å²) in [6.07, 6.45) is 1.36. The number of benzene rings is 1. The van der Waals surface area contributed by atoms with Crippen LogP contribution in [0.1, 0.15) is 37.0 Å². The van der Waals surface area contributed by atoms with Crippen LogP contribution >= 0.6 is 0 Å². The summed E-state index contributed by atoms with van der Waals surface area (Å²) in [5.41, 5.74) is -0.118. The number of carbonyl (C=O) groups is 2. The van der Waals surface area contributed by atoms with Crippen molar-refractivity contribution in [2.75, 3.05) is 45.9 Å². The zero-order chi connectivity index (χ0) is 22.4. The Morgan fingerprint density at radius 2 is 1.94 bits per heavy atom. The van der Waals surface area contributed by atoms with E-state index in [9.17, 15) is 18.4 Å². The van der Waals surface area contributed by atoms with Gasteiger partial charge >= 0.3 is 6.61 Å². The average molecular weight is 440 g/mol. The third-order valence-corrected chi connectivity index (χ3v) is 5.98. The Morgan fingerprint density at radius 3 is 2.65 bits per heavy atom. The summed E-state index contributed by atoms with van der Waals surface area (Å²) < 4.78 is 35.2. The average Bonchev–Trinajstić information content (AvgIpc) is 2.78. The first-order chi connectivity index (χ1) is 14.8. The van der Waals surface area contributed by atoms with Gasteiger partial charge in [0.15, 0.2) is 0 Å². The van der Waals surface area contributed by atoms with E-state index in [1.54, 1.807) is 11.0 Å². The number of carbonyl (C=O) groups excluding carboxylic acids is 2. The molecular weight excluding hydrogens is 408 g/mol. The molecule has 2 heterocycles. The fourth-order valence-electron chi connectivity index (χ4n) is 4.12. The first-order valence-electron chi connectivity index (χ1n) is 10.7. The molecule has 2 fully saturated rings. The van der Waals surface area contributed by atoms with Gasteiger partial charge in [-0.25, -0.2) is 0 Å². The molecule has 1 N–H and O–H groups in total. The van der Waals surface area contributed by atoms with Crippen LogP contribution in [0.5, 0.6) is 5.75 Å². The smallest absolute Gasteiger partial charge is 0.387 e. The molecule has 7 nitrogen and oxygen atoms in total. The molecule has 1 aromatic rings. The van der Waals surface area contributed by atoms with Crippen LogP contribution in [-0.2, 0) is 9.53 Å². The number of hydrogen-bond acceptors (Lipinski definition) is 5. The largest absolute Gasteiger partial charge is 0.434 e. The maximum atomic E-state index is 12.9. The molecule has 1 aromatic carbocycles. The van der Waals surface area contributed by atoms with Gasteiger partial charge in [0.1, 0.15) is 5.75 Å². The number of morpholine rings is 1. The molecule has 2 saturated heterocycles. The van der Waals surface area contributed by atoms with E-state index in [1.165, 1.54) is 18.2 Å². The normalized spacial score (nSPS) is 20.5. The standard InChI is InChI=1S/C22H31F2N3O4/c1-22(2,27-10-12-30-13-11-27)15-25-19(28)16-6-5-9-26(14-16)20(29)17-7-3-4-8-18(17)31-21(23)24/h3-4,7-8,16,21H,5-6,9-15H2,1-2H3,(H,25,28). The molecule has 3 rings (SSSR count). The van der Waals surface area contributed by atoms with E-state index < -0.39 is 12.5 Å². The topological polar surface area (TPSA) is 71.1 Å². The van der Waals surface area contributed by atoms with Gasteiger partial charge in [-0.05, 0) is 38.8 Å². The summed E-state index contributed by atoms with van der Waals surface area (Å²) in [6, 6.07) is 5.96. The van der Waals surface area contributed by atoms with Crippen LogP contribution in [-0.4, -0.2) is 79.7 Å². The van der Waals surface area contributed by atoms with Crippen LogP contribution in [0, 0.1) is 5.92 Å². The molecule has 0 aromatic heterocycles. The van der Waals surface area contributed by atoms with Gasteiger partial charge in [-0.3, -0.25) is 14.5 Å². The van der Waals surface area contributed by atoms with Gasteiger partial charge in [0.25, 0.3) is 5.91 Å². The van der Waals surface area contributed by atoms with Gasteiger partial charge in [-0.2, -0.15) is 8.78 Å². The van der Waals surface area contributed by atoms with Crippen LogP contribution in [0.25, 0.3) is 0 Å². The molecule has 9 heteroatoms. The molecule has 2 aliphatic heterocycles. The van der Waals surface area contributed by atoms with Crippen LogP contribution in [0.3, 0.4) is 0 Å². The summed E-state index contributed by atoms with van der Waals surface area (Å²) in [6.45, 7) is 5.44. The number of para-hydroxylation sites is 1. The summed E-state index contributed by atoms with van der Waals surface area (Å²) in [4.78, 5) is 29.6. The SMILES string of the molecule is CC(C)(CNC(=O)C1CCCN(C(=O)c2ccccc2OC(F)F)C1)N1CCOCC1.